The van der Waals surface area contributed by atoms with E-state index in [2.05, 4.69) is 15.0 Å². The summed E-state index contributed by atoms with van der Waals surface area (Å²) < 4.78 is 62.8. The van der Waals surface area contributed by atoms with Crippen molar-refractivity contribution < 1.29 is 32.2 Å². The van der Waals surface area contributed by atoms with Crippen molar-refractivity contribution in [3.63, 3.8) is 0 Å². The van der Waals surface area contributed by atoms with E-state index in [1.54, 1.807) is 41.0 Å². The molecule has 0 saturated heterocycles. The van der Waals surface area contributed by atoms with Crippen molar-refractivity contribution in [2.75, 3.05) is 20.9 Å². The molecule has 6 rings (SSSR count). The molecule has 0 radical (unpaired) electrons. The second kappa shape index (κ2) is 12.5. The second-order valence-corrected chi connectivity index (χ2v) is 11.2. The lowest BCUT2D eigenvalue weighted by Crippen LogP contribution is -2.16. The van der Waals surface area contributed by atoms with Crippen LogP contribution in [0.3, 0.4) is 0 Å². The summed E-state index contributed by atoms with van der Waals surface area (Å²) in [5.41, 5.74) is 2.03. The third kappa shape index (κ3) is 6.08. The van der Waals surface area contributed by atoms with Crippen LogP contribution >= 0.6 is 0 Å². The Morgan fingerprint density at radius 3 is 2.57 bits per heavy atom. The van der Waals surface area contributed by atoms with Gasteiger partial charge in [0.2, 0.25) is 0 Å². The van der Waals surface area contributed by atoms with Gasteiger partial charge in [0.05, 0.1) is 54.8 Å². The van der Waals surface area contributed by atoms with Gasteiger partial charge in [0.15, 0.2) is 0 Å². The summed E-state index contributed by atoms with van der Waals surface area (Å²) in [5, 5.41) is 9.11. The van der Waals surface area contributed by atoms with E-state index in [9.17, 15) is 9.18 Å². The molecule has 2 heterocycles. The van der Waals surface area contributed by atoms with Crippen molar-refractivity contribution in [2.45, 2.75) is 32.4 Å². The Morgan fingerprint density at radius 1 is 1.02 bits per heavy atom. The topological polar surface area (TPSA) is 112 Å². The molecule has 1 saturated carbocycles. The van der Waals surface area contributed by atoms with Gasteiger partial charge in [-0.15, -0.1) is 0 Å². The van der Waals surface area contributed by atoms with Crippen LogP contribution in [0.25, 0.3) is 22.3 Å². The Bertz CT molecular complexity index is 2000. The Hall–Kier alpha value is -5.44. The van der Waals surface area contributed by atoms with Crippen LogP contribution < -0.4 is 9.47 Å². The number of aromatic nitrogens is 4. The van der Waals surface area contributed by atoms with E-state index in [-0.39, 0.29) is 35.9 Å². The van der Waals surface area contributed by atoms with Crippen molar-refractivity contribution in [3.8, 4) is 29.1 Å². The molecule has 0 amide bonds. The fraction of sp³-hybridized carbons (Fsp3) is 0.265. The number of imidazole rings is 1. The number of carbonyl (C=O) groups excluding carboxylic acids is 1. The average Bonchev–Trinajstić information content (AvgIpc) is 3.79. The molecule has 0 aliphatic heterocycles. The Balaban J connectivity index is 1.27. The number of hydrogen-bond acceptors (Lipinski definition) is 8. The van der Waals surface area contributed by atoms with Crippen LogP contribution in [0.4, 0.5) is 13.2 Å². The molecule has 2 aromatic heterocycles. The predicted octanol–water partition coefficient (Wildman–Crippen LogP) is 6.36. The van der Waals surface area contributed by atoms with Crippen LogP contribution in [0, 0.1) is 28.4 Å². The van der Waals surface area contributed by atoms with Gasteiger partial charge in [0.25, 0.3) is 0 Å². The quantitative estimate of drug-likeness (QED) is 0.156. The summed E-state index contributed by atoms with van der Waals surface area (Å²) in [6, 6.07) is 15.3. The minimum atomic E-state index is -0.715. The van der Waals surface area contributed by atoms with E-state index in [0.717, 1.165) is 12.1 Å². The van der Waals surface area contributed by atoms with Gasteiger partial charge < -0.3 is 18.8 Å². The minimum Gasteiger partial charge on any atom is -0.496 e. The number of benzene rings is 3. The van der Waals surface area contributed by atoms with Crippen LogP contribution in [0.1, 0.15) is 45.7 Å². The number of ether oxygens (including phenoxy) is 3. The van der Waals surface area contributed by atoms with Crippen molar-refractivity contribution >= 4 is 17.0 Å². The number of rotatable bonds is 11. The highest BCUT2D eigenvalue weighted by atomic mass is 19.1. The Kier molecular flexibility index (Phi) is 8.32. The highest BCUT2D eigenvalue weighted by Crippen LogP contribution is 2.48. The van der Waals surface area contributed by atoms with Gasteiger partial charge in [-0.05, 0) is 66.9 Å². The molecular weight excluding hydrogens is 599 g/mol. The number of nitrogens with zero attached hydrogens (tertiary/aromatic N) is 5. The van der Waals surface area contributed by atoms with Crippen molar-refractivity contribution in [2.24, 2.45) is 5.41 Å². The first-order chi connectivity index (χ1) is 22.3. The first kappa shape index (κ1) is 30.6. The molecule has 1 aliphatic rings. The van der Waals surface area contributed by atoms with Gasteiger partial charge in [-0.3, -0.25) is 4.39 Å². The van der Waals surface area contributed by atoms with Gasteiger partial charge in [0.1, 0.15) is 29.8 Å². The van der Waals surface area contributed by atoms with Crippen molar-refractivity contribution in [1.82, 2.24) is 19.5 Å². The molecule has 0 N–H and O–H groups in total. The van der Waals surface area contributed by atoms with E-state index in [1.165, 1.54) is 26.5 Å². The molecule has 3 aromatic carbocycles. The first-order valence-corrected chi connectivity index (χ1v) is 14.4. The molecule has 1 fully saturated rings. The molecule has 1 aliphatic carbocycles. The molecule has 12 heteroatoms. The molecule has 46 heavy (non-hydrogen) atoms. The summed E-state index contributed by atoms with van der Waals surface area (Å²) in [4.78, 5) is 25.2. The fourth-order valence-electron chi connectivity index (χ4n) is 5.30. The van der Waals surface area contributed by atoms with E-state index in [0.29, 0.717) is 58.7 Å². The number of alkyl halides is 1. The monoisotopic (exact) mass is 627 g/mol. The number of nitriles is 1. The molecular formula is C34H28F3N5O4. The van der Waals surface area contributed by atoms with Crippen LogP contribution in [-0.2, 0) is 24.3 Å². The van der Waals surface area contributed by atoms with Crippen molar-refractivity contribution in [3.05, 3.63) is 101 Å². The lowest BCUT2D eigenvalue weighted by Gasteiger charge is -2.16. The third-order valence-electron chi connectivity index (χ3n) is 8.15. The summed E-state index contributed by atoms with van der Waals surface area (Å²) in [6.07, 6.45) is 2.70. The zero-order chi connectivity index (χ0) is 32.4. The van der Waals surface area contributed by atoms with E-state index in [1.807, 2.05) is 6.07 Å². The lowest BCUT2D eigenvalue weighted by molar-refractivity contribution is 0.0601. The normalized spacial score (nSPS) is 13.3. The van der Waals surface area contributed by atoms with E-state index >= 15 is 8.78 Å². The lowest BCUT2D eigenvalue weighted by atomic mass is 10.0. The number of carbonyl (C=O) groups is 1. The van der Waals surface area contributed by atoms with Gasteiger partial charge in [-0.25, -0.2) is 23.5 Å². The van der Waals surface area contributed by atoms with Gasteiger partial charge in [-0.2, -0.15) is 10.2 Å². The fourth-order valence-corrected chi connectivity index (χ4v) is 5.30. The average molecular weight is 628 g/mol. The maximum atomic E-state index is 15.6. The van der Waals surface area contributed by atoms with Crippen molar-refractivity contribution in [1.29, 1.82) is 5.26 Å². The van der Waals surface area contributed by atoms with E-state index < -0.39 is 29.7 Å². The second-order valence-electron chi connectivity index (χ2n) is 11.2. The Labute approximate surface area is 262 Å². The molecule has 0 bridgehead atoms. The highest BCUT2D eigenvalue weighted by molar-refractivity contribution is 5.93. The first-order valence-electron chi connectivity index (χ1n) is 14.4. The number of esters is 1. The molecule has 0 atom stereocenters. The summed E-state index contributed by atoms with van der Waals surface area (Å²) in [6.45, 7) is -0.216. The maximum absolute atomic E-state index is 15.6. The largest absolute Gasteiger partial charge is 0.496 e. The molecule has 0 spiro atoms. The summed E-state index contributed by atoms with van der Waals surface area (Å²) in [7, 11) is 2.76. The molecule has 0 unspecified atom stereocenters. The van der Waals surface area contributed by atoms with Crippen LogP contribution in [-0.4, -0.2) is 46.4 Å². The minimum absolute atomic E-state index is 0.0138. The summed E-state index contributed by atoms with van der Waals surface area (Å²) >= 11 is 0. The number of methoxy groups -OCH3 is 2. The maximum Gasteiger partial charge on any atom is 0.337 e. The zero-order valence-electron chi connectivity index (χ0n) is 25.0. The van der Waals surface area contributed by atoms with Gasteiger partial charge in [0, 0.05) is 35.7 Å². The standard InChI is InChI=1S/C34H28F3N5O4/c1-44-30-11-20(16-38)3-4-22(30)17-46-33-39-10-7-27(41-33)24-15-25(36)23(12-26(24)37)14-31-40-28-6-5-21(32(43)45-2)13-29(28)42(31)19-34(18-35)8-9-34/h3-7,10-13,15H,8-9,14,17-19H2,1-2H3. The van der Waals surface area contributed by atoms with Gasteiger partial charge >= 0.3 is 12.0 Å². The highest BCUT2D eigenvalue weighted by Gasteiger charge is 2.44. The van der Waals surface area contributed by atoms with Crippen LogP contribution in [0.15, 0.2) is 60.8 Å². The van der Waals surface area contributed by atoms with E-state index in [4.69, 9.17) is 19.5 Å². The number of fused-ring (bicyclic) bond motifs is 1. The van der Waals surface area contributed by atoms with Gasteiger partial charge in [-0.1, -0.05) is 6.07 Å². The SMILES string of the molecule is COC(=O)c1ccc2nc(Cc3cc(F)c(-c4ccnc(OCc5ccc(C#N)cc5OC)n4)cc3F)n(CC3(CF)CC3)c2c1. The third-order valence-corrected chi connectivity index (χ3v) is 8.15. The smallest absolute Gasteiger partial charge is 0.337 e. The summed E-state index contributed by atoms with van der Waals surface area (Å²) in [5.74, 6) is -1.06. The van der Waals surface area contributed by atoms with Crippen LogP contribution in [0.2, 0.25) is 0 Å². The Morgan fingerprint density at radius 2 is 1.85 bits per heavy atom. The zero-order valence-corrected chi connectivity index (χ0v) is 25.0. The molecule has 234 valence electrons. The number of halogens is 3. The van der Waals surface area contributed by atoms with Crippen LogP contribution in [0.5, 0.6) is 11.8 Å². The molecule has 5 aromatic rings. The predicted molar refractivity (Wildman–Crippen MR) is 161 cm³/mol. The molecule has 9 nitrogen and oxygen atoms in total. The number of hydrogen-bond donors (Lipinski definition) is 0.